The molecule has 20 heavy (non-hydrogen) atoms. The molecule has 1 fully saturated rings. The van der Waals surface area contributed by atoms with Gasteiger partial charge in [0.15, 0.2) is 0 Å². The first-order chi connectivity index (χ1) is 9.75. The summed E-state index contributed by atoms with van der Waals surface area (Å²) in [4.78, 5) is 15.7. The van der Waals surface area contributed by atoms with E-state index in [1.807, 2.05) is 24.3 Å². The summed E-state index contributed by atoms with van der Waals surface area (Å²) in [6, 6.07) is 8.04. The molecule has 0 saturated heterocycles. The molecule has 1 aromatic carbocycles. The van der Waals surface area contributed by atoms with E-state index in [9.17, 15) is 9.90 Å². The maximum Gasteiger partial charge on any atom is 0.339 e. The van der Waals surface area contributed by atoms with Crippen molar-refractivity contribution in [1.82, 2.24) is 4.98 Å². The molecule has 2 aromatic rings. The fraction of sp³-hybridized carbons (Fsp3) is 0.375. The van der Waals surface area contributed by atoms with Gasteiger partial charge in [0.2, 0.25) is 0 Å². The Bertz CT molecular complexity index is 633. The van der Waals surface area contributed by atoms with E-state index in [1.54, 1.807) is 0 Å². The summed E-state index contributed by atoms with van der Waals surface area (Å²) in [6.45, 7) is 0. The van der Waals surface area contributed by atoms with Crippen molar-refractivity contribution in [2.75, 3.05) is 5.32 Å². The fourth-order valence-corrected chi connectivity index (χ4v) is 2.91. The highest BCUT2D eigenvalue weighted by Gasteiger charge is 2.19. The third-order valence-electron chi connectivity index (χ3n) is 3.96. The normalized spacial score (nSPS) is 16.2. The average Bonchev–Trinajstić information content (AvgIpc) is 2.48. The molecule has 0 unspecified atom stereocenters. The molecule has 1 aromatic heterocycles. The highest BCUT2D eigenvalue weighted by Crippen LogP contribution is 2.29. The van der Waals surface area contributed by atoms with Crippen molar-refractivity contribution in [1.29, 1.82) is 0 Å². The standard InChI is InChI=1S/C16H18N2O2/c19-16(20)13-10-17-14-9-5-4-8-12(14)15(13)18-11-6-2-1-3-7-11/h4-5,8-11H,1-3,6-7H2,(H,17,18)(H,19,20). The topological polar surface area (TPSA) is 62.2 Å². The van der Waals surface area contributed by atoms with Gasteiger partial charge in [-0.2, -0.15) is 0 Å². The summed E-state index contributed by atoms with van der Waals surface area (Å²) < 4.78 is 0. The van der Waals surface area contributed by atoms with Gasteiger partial charge < -0.3 is 10.4 Å². The Hall–Kier alpha value is -2.10. The van der Waals surface area contributed by atoms with Gasteiger partial charge in [-0.25, -0.2) is 4.79 Å². The molecule has 0 amide bonds. The van der Waals surface area contributed by atoms with Crippen LogP contribution in [0.5, 0.6) is 0 Å². The molecule has 2 N–H and O–H groups in total. The minimum absolute atomic E-state index is 0.259. The first-order valence-electron chi connectivity index (χ1n) is 7.13. The number of carboxylic acids is 1. The Balaban J connectivity index is 2.04. The van der Waals surface area contributed by atoms with Crippen LogP contribution in [0.15, 0.2) is 30.5 Å². The van der Waals surface area contributed by atoms with Crippen molar-refractivity contribution in [2.24, 2.45) is 0 Å². The molecule has 1 heterocycles. The summed E-state index contributed by atoms with van der Waals surface area (Å²) in [7, 11) is 0. The highest BCUT2D eigenvalue weighted by molar-refractivity contribution is 6.04. The van der Waals surface area contributed by atoms with E-state index in [2.05, 4.69) is 10.3 Å². The van der Waals surface area contributed by atoms with Gasteiger partial charge in [0, 0.05) is 17.6 Å². The van der Waals surface area contributed by atoms with Crippen LogP contribution in [-0.4, -0.2) is 22.1 Å². The quantitative estimate of drug-likeness (QED) is 0.893. The predicted molar refractivity (Wildman–Crippen MR) is 79.2 cm³/mol. The van der Waals surface area contributed by atoms with E-state index in [0.29, 0.717) is 6.04 Å². The summed E-state index contributed by atoms with van der Waals surface area (Å²) in [5.41, 5.74) is 1.81. The molecular weight excluding hydrogens is 252 g/mol. The molecule has 3 rings (SSSR count). The third-order valence-corrected chi connectivity index (χ3v) is 3.96. The molecule has 0 atom stereocenters. The van der Waals surface area contributed by atoms with Crippen LogP contribution in [0.1, 0.15) is 42.5 Å². The second kappa shape index (κ2) is 5.49. The van der Waals surface area contributed by atoms with Crippen LogP contribution in [0.2, 0.25) is 0 Å². The Labute approximate surface area is 117 Å². The lowest BCUT2D eigenvalue weighted by molar-refractivity contribution is 0.0697. The van der Waals surface area contributed by atoms with E-state index in [-0.39, 0.29) is 5.56 Å². The average molecular weight is 270 g/mol. The Morgan fingerprint density at radius 2 is 1.95 bits per heavy atom. The van der Waals surface area contributed by atoms with E-state index >= 15 is 0 Å². The van der Waals surface area contributed by atoms with Crippen LogP contribution in [-0.2, 0) is 0 Å². The lowest BCUT2D eigenvalue weighted by atomic mass is 9.94. The molecular formula is C16H18N2O2. The molecule has 1 aliphatic carbocycles. The molecule has 104 valence electrons. The van der Waals surface area contributed by atoms with Crippen LogP contribution in [0.4, 0.5) is 5.69 Å². The number of carbonyl (C=O) groups is 1. The van der Waals surface area contributed by atoms with E-state index < -0.39 is 5.97 Å². The number of anilines is 1. The van der Waals surface area contributed by atoms with Crippen molar-refractivity contribution < 1.29 is 9.90 Å². The second-order valence-electron chi connectivity index (χ2n) is 5.35. The van der Waals surface area contributed by atoms with Gasteiger partial charge in [-0.05, 0) is 18.9 Å². The predicted octanol–water partition coefficient (Wildman–Crippen LogP) is 3.68. The molecule has 1 aliphatic rings. The van der Waals surface area contributed by atoms with Gasteiger partial charge in [-0.3, -0.25) is 4.98 Å². The number of carboxylic acid groups (broad SMARTS) is 1. The lowest BCUT2D eigenvalue weighted by Gasteiger charge is -2.25. The molecule has 4 heteroatoms. The van der Waals surface area contributed by atoms with Crippen LogP contribution in [0.25, 0.3) is 10.9 Å². The zero-order valence-electron chi connectivity index (χ0n) is 11.3. The number of hydrogen-bond acceptors (Lipinski definition) is 3. The Morgan fingerprint density at radius 1 is 1.20 bits per heavy atom. The maximum absolute atomic E-state index is 11.4. The van der Waals surface area contributed by atoms with Gasteiger partial charge in [0.25, 0.3) is 0 Å². The number of nitrogens with zero attached hydrogens (tertiary/aromatic N) is 1. The van der Waals surface area contributed by atoms with Crippen molar-refractivity contribution in [3.8, 4) is 0 Å². The zero-order valence-corrected chi connectivity index (χ0v) is 11.3. The Kier molecular flexibility index (Phi) is 3.54. The molecule has 0 spiro atoms. The number of rotatable bonds is 3. The largest absolute Gasteiger partial charge is 0.478 e. The second-order valence-corrected chi connectivity index (χ2v) is 5.35. The van der Waals surface area contributed by atoms with E-state index in [1.165, 1.54) is 25.5 Å². The summed E-state index contributed by atoms with van der Waals surface area (Å²) in [5, 5.41) is 13.7. The van der Waals surface area contributed by atoms with Gasteiger partial charge in [0.1, 0.15) is 5.56 Å². The monoisotopic (exact) mass is 270 g/mol. The molecule has 1 saturated carbocycles. The number of aromatic nitrogens is 1. The van der Waals surface area contributed by atoms with Crippen molar-refractivity contribution in [3.63, 3.8) is 0 Å². The number of benzene rings is 1. The highest BCUT2D eigenvalue weighted by atomic mass is 16.4. The third kappa shape index (κ3) is 2.46. The zero-order chi connectivity index (χ0) is 13.9. The number of aromatic carboxylic acids is 1. The Morgan fingerprint density at radius 3 is 2.70 bits per heavy atom. The summed E-state index contributed by atoms with van der Waals surface area (Å²) in [6.07, 6.45) is 7.37. The van der Waals surface area contributed by atoms with E-state index in [4.69, 9.17) is 0 Å². The number of nitrogens with one attached hydrogen (secondary N) is 1. The van der Waals surface area contributed by atoms with Crippen LogP contribution in [0.3, 0.4) is 0 Å². The molecule has 0 aliphatic heterocycles. The van der Waals surface area contributed by atoms with Gasteiger partial charge in [-0.1, -0.05) is 37.5 Å². The van der Waals surface area contributed by atoms with Crippen LogP contribution in [0, 0.1) is 0 Å². The van der Waals surface area contributed by atoms with Crippen molar-refractivity contribution in [3.05, 3.63) is 36.0 Å². The van der Waals surface area contributed by atoms with Gasteiger partial charge in [0.05, 0.1) is 11.2 Å². The maximum atomic E-state index is 11.4. The number of fused-ring (bicyclic) bond motifs is 1. The summed E-state index contributed by atoms with van der Waals surface area (Å²) in [5.74, 6) is -0.929. The molecule has 0 radical (unpaired) electrons. The fourth-order valence-electron chi connectivity index (χ4n) is 2.91. The van der Waals surface area contributed by atoms with Gasteiger partial charge >= 0.3 is 5.97 Å². The number of pyridine rings is 1. The first-order valence-corrected chi connectivity index (χ1v) is 7.13. The summed E-state index contributed by atoms with van der Waals surface area (Å²) >= 11 is 0. The van der Waals surface area contributed by atoms with Crippen molar-refractivity contribution >= 4 is 22.6 Å². The SMILES string of the molecule is O=C(O)c1cnc2ccccc2c1NC1CCCCC1. The smallest absolute Gasteiger partial charge is 0.339 e. The minimum Gasteiger partial charge on any atom is -0.478 e. The van der Waals surface area contributed by atoms with Gasteiger partial charge in [-0.15, -0.1) is 0 Å². The first kappa shape index (κ1) is 12.9. The molecule has 0 bridgehead atoms. The van der Waals surface area contributed by atoms with Crippen LogP contribution < -0.4 is 5.32 Å². The number of para-hydroxylation sites is 1. The minimum atomic E-state index is -0.929. The lowest BCUT2D eigenvalue weighted by Crippen LogP contribution is -2.23. The number of hydrogen-bond donors (Lipinski definition) is 2. The van der Waals surface area contributed by atoms with Crippen LogP contribution >= 0.6 is 0 Å². The van der Waals surface area contributed by atoms with Crippen molar-refractivity contribution in [2.45, 2.75) is 38.1 Å². The van der Waals surface area contributed by atoms with E-state index in [0.717, 1.165) is 29.4 Å². The molecule has 4 nitrogen and oxygen atoms in total.